The fourth-order valence-electron chi connectivity index (χ4n) is 3.43. The molecule has 194 valence electrons. The predicted octanol–water partition coefficient (Wildman–Crippen LogP) is 4.22. The van der Waals surface area contributed by atoms with Crippen LogP contribution in [0, 0.1) is 20.4 Å². The molecule has 0 amide bonds. The van der Waals surface area contributed by atoms with Crippen molar-refractivity contribution in [3.8, 4) is 0 Å². The van der Waals surface area contributed by atoms with Gasteiger partial charge in [0.1, 0.15) is 5.82 Å². The Labute approximate surface area is 191 Å². The second kappa shape index (κ2) is 11.8. The molecule has 1 saturated heterocycles. The maximum Gasteiger partial charge on any atom is 0.370 e. The number of aryl methyl sites for hydroxylation is 1. The Morgan fingerprint density at radius 1 is 1.12 bits per heavy atom. The minimum absolute atomic E-state index is 0. The first-order chi connectivity index (χ1) is 15.3. The van der Waals surface area contributed by atoms with E-state index >= 15 is 0 Å². The number of rotatable bonds is 4. The number of nitrogens with one attached hydrogen (secondary N) is 1. The summed E-state index contributed by atoms with van der Waals surface area (Å²) in [6.45, 7) is 6.40. The van der Waals surface area contributed by atoms with Crippen LogP contribution in [-0.2, 0) is 10.9 Å². The number of halogens is 3. The number of alkyl halides is 3. The number of anilines is 2. The van der Waals surface area contributed by atoms with Crippen molar-refractivity contribution in [1.82, 2.24) is 15.2 Å². The van der Waals surface area contributed by atoms with Crippen LogP contribution in [0.4, 0.5) is 24.8 Å². The van der Waals surface area contributed by atoms with Gasteiger partial charge in [0.15, 0.2) is 5.82 Å². The van der Waals surface area contributed by atoms with Gasteiger partial charge in [-0.15, -0.1) is 10.7 Å². The summed E-state index contributed by atoms with van der Waals surface area (Å²) in [5.41, 5.74) is 0.465. The summed E-state index contributed by atoms with van der Waals surface area (Å²) in [6, 6.07) is 7.69. The Bertz CT molecular complexity index is 1060. The zero-order valence-electron chi connectivity index (χ0n) is 19.3. The molecule has 4 rings (SSSR count). The number of hydrogen-bond donors (Lipinski definition) is 2. The fourth-order valence-corrected chi connectivity index (χ4v) is 3.43. The third kappa shape index (κ3) is 6.08. The van der Waals surface area contributed by atoms with E-state index < -0.39 is 17.8 Å². The third-order valence-corrected chi connectivity index (χ3v) is 5.16. The molecule has 3 aromatic rings. The Hall–Kier alpha value is -3.98. The summed E-state index contributed by atoms with van der Waals surface area (Å²) in [6.07, 6.45) is -2.65. The number of aromatic nitrogens is 3. The van der Waals surface area contributed by atoms with Gasteiger partial charge in [-0.1, -0.05) is 12.5 Å². The molecule has 2 aromatic heterocycles. The van der Waals surface area contributed by atoms with E-state index in [0.29, 0.717) is 24.6 Å². The van der Waals surface area contributed by atoms with E-state index in [1.807, 2.05) is 13.0 Å². The van der Waals surface area contributed by atoms with Crippen molar-refractivity contribution >= 4 is 22.4 Å². The monoisotopic (exact) mass is 722 g/mol. The van der Waals surface area contributed by atoms with Crippen LogP contribution in [-0.4, -0.2) is 53.7 Å². The van der Waals surface area contributed by atoms with Crippen molar-refractivity contribution in [3.63, 3.8) is 0 Å². The van der Waals surface area contributed by atoms with Crippen LogP contribution in [0.25, 0.3) is 10.8 Å². The van der Waals surface area contributed by atoms with Crippen molar-refractivity contribution in [2.45, 2.75) is 26.1 Å². The van der Waals surface area contributed by atoms with E-state index in [-0.39, 0.29) is 7.43 Å². The van der Waals surface area contributed by atoms with E-state index in [0.717, 1.165) is 54.6 Å². The summed E-state index contributed by atoms with van der Waals surface area (Å²) in [5.74, 6) is 1.30. The Balaban J connectivity index is 0.00000141. The number of aliphatic hydroxyl groups excluding tert-OH is 1. The fraction of sp³-hybridized carbons (Fsp3) is 0.391. The van der Waals surface area contributed by atoms with E-state index in [9.17, 15) is 13.2 Å². The molecule has 1 fully saturated rings. The van der Waals surface area contributed by atoms with Gasteiger partial charge in [0.2, 0.25) is 0 Å². The average Bonchev–Trinajstić information content (AvgIpc) is 2.82. The van der Waals surface area contributed by atoms with Gasteiger partial charge in [0.25, 0.3) is 0 Å². The van der Waals surface area contributed by atoms with Crippen molar-refractivity contribution in [1.29, 1.82) is 0 Å². The van der Waals surface area contributed by atoms with Crippen LogP contribution < -0.4 is 10.2 Å². The molecule has 0 radical (unpaired) electrons. The summed E-state index contributed by atoms with van der Waals surface area (Å²) in [4.78, 5) is 6.69. The van der Waals surface area contributed by atoms with Crippen LogP contribution >= 0.6 is 0 Å². The van der Waals surface area contributed by atoms with Crippen LogP contribution in [0.2, 0.25) is 0 Å². The second-order valence-electron chi connectivity index (χ2n) is 7.24. The van der Waals surface area contributed by atoms with Gasteiger partial charge in [-0.05, 0) is 13.0 Å². The first kappa shape index (κ1) is 28.1. The maximum absolute atomic E-state index is 13.0. The molecule has 3 heterocycles. The van der Waals surface area contributed by atoms with E-state index in [1.165, 1.54) is 6.07 Å². The molecule has 11 heteroatoms. The molecular formula is C23H28F3N5NoO2-2. The topological polar surface area (TPSA) is 83.4 Å². The van der Waals surface area contributed by atoms with Gasteiger partial charge < -0.3 is 27.5 Å². The zero-order valence-corrected chi connectivity index (χ0v) is 21.6. The number of pyridine rings is 1. The maximum atomic E-state index is 13.0. The molecular weight excluding hydrogens is 694 g/mol. The number of nitrogens with zero attached hydrogens (tertiary/aromatic N) is 4. The van der Waals surface area contributed by atoms with Gasteiger partial charge in [-0.25, -0.2) is 4.98 Å². The first-order valence-electron chi connectivity index (χ1n) is 10.1. The number of benzene rings is 1. The molecule has 1 aliphatic rings. The molecule has 0 bridgehead atoms. The molecule has 0 aliphatic carbocycles. The van der Waals surface area contributed by atoms with Crippen molar-refractivity contribution < 1.29 is 23.0 Å². The van der Waals surface area contributed by atoms with E-state index in [4.69, 9.17) is 9.84 Å². The Morgan fingerprint density at radius 3 is 2.44 bits per heavy atom. The van der Waals surface area contributed by atoms with Crippen LogP contribution in [0.3, 0.4) is 0 Å². The number of morpholine rings is 1. The van der Waals surface area contributed by atoms with Crippen LogP contribution in [0.15, 0.2) is 30.5 Å². The standard InChI is InChI=1S/C21H21F3N5O.CH4O.CH3.No/c1-13(15-4-3-5-16(10-15)21(22,23)24)26-20-17-11-19(29-6-8-30-9-7-29)25-12-18(17)14(2)27-28-20;1-2;;/h4-5,10-13H,6-9H2,1-2H3,(H,26,28);2H,1H3;1H3;/q-1;;-1;. The predicted molar refractivity (Wildman–Crippen MR) is 122 cm³/mol. The summed E-state index contributed by atoms with van der Waals surface area (Å²) in [5, 5.41) is 20.3. The normalized spacial score (nSPS) is 14.3. The van der Waals surface area contributed by atoms with Crippen LogP contribution in [0.5, 0.6) is 0 Å². The molecule has 0 saturated carbocycles. The molecule has 1 aromatic carbocycles. The summed E-state index contributed by atoms with van der Waals surface area (Å²) < 4.78 is 44.5. The minimum atomic E-state index is -4.42. The Kier molecular flexibility index (Phi) is 9.70. The quantitative estimate of drug-likeness (QED) is 0.391. The molecule has 34 heavy (non-hydrogen) atoms. The zero-order chi connectivity index (χ0) is 23.3. The number of hydrogen-bond acceptors (Lipinski definition) is 7. The van der Waals surface area contributed by atoms with Gasteiger partial charge in [0.05, 0.1) is 18.9 Å². The molecule has 7 nitrogen and oxygen atoms in total. The number of aliphatic hydroxyl groups is 1. The van der Waals surface area contributed by atoms with Crippen molar-refractivity contribution in [3.05, 3.63) is 60.8 Å². The van der Waals surface area contributed by atoms with Gasteiger partial charge in [0, 0.05) is 43.2 Å². The summed E-state index contributed by atoms with van der Waals surface area (Å²) in [7, 11) is 1.00. The second-order valence-corrected chi connectivity index (χ2v) is 7.24. The van der Waals surface area contributed by atoms with Gasteiger partial charge in [-0.2, -0.15) is 42.5 Å². The molecule has 2 N–H and O–H groups in total. The van der Waals surface area contributed by atoms with Gasteiger partial charge in [-0.3, -0.25) is 0 Å². The SMILES string of the molecule is CO.Cc1nnc(NC(C)c2c[c-]cc(C(F)(F)F)c2)c2cc(N3CCOCC3)ncc12.[CH3-].[No]. The minimum Gasteiger partial charge on any atom is -0.400 e. The largest absolute Gasteiger partial charge is 0.400 e. The first-order valence-corrected chi connectivity index (χ1v) is 10.1. The number of ether oxygens (including phenoxy) is 1. The molecule has 1 aliphatic heterocycles. The van der Waals surface area contributed by atoms with E-state index in [1.54, 1.807) is 13.1 Å². The average molecular weight is 723 g/mol. The Morgan fingerprint density at radius 2 is 1.79 bits per heavy atom. The van der Waals surface area contributed by atoms with Crippen molar-refractivity contribution in [2.75, 3.05) is 43.6 Å². The van der Waals surface area contributed by atoms with Gasteiger partial charge >= 0.3 is 6.18 Å². The van der Waals surface area contributed by atoms with Crippen LogP contribution in [0.1, 0.15) is 29.8 Å². The summed E-state index contributed by atoms with van der Waals surface area (Å²) >= 11 is 0. The van der Waals surface area contributed by atoms with E-state index in [2.05, 4.69) is 31.5 Å². The smallest absolute Gasteiger partial charge is 0.370 e. The number of fused-ring (bicyclic) bond motifs is 1. The molecule has 1 unspecified atom stereocenters. The molecule has 1 atom stereocenters. The van der Waals surface area contributed by atoms with Crippen molar-refractivity contribution in [2.24, 2.45) is 0 Å². The third-order valence-electron chi connectivity index (χ3n) is 5.16. The molecule has 0 spiro atoms.